The summed E-state index contributed by atoms with van der Waals surface area (Å²) >= 11 is 1.24. The summed E-state index contributed by atoms with van der Waals surface area (Å²) in [5.74, 6) is 0. The van der Waals surface area contributed by atoms with E-state index in [2.05, 4.69) is 19.2 Å². The van der Waals surface area contributed by atoms with Crippen LogP contribution in [0, 0.1) is 0 Å². The van der Waals surface area contributed by atoms with E-state index in [4.69, 9.17) is 0 Å². The van der Waals surface area contributed by atoms with E-state index in [1.54, 1.807) is 4.68 Å². The summed E-state index contributed by atoms with van der Waals surface area (Å²) in [7, 11) is 3.85. The zero-order valence-electron chi connectivity index (χ0n) is 8.71. The smallest absolute Gasteiger partial charge is 0.0915 e. The molecule has 2 aromatic heterocycles. The van der Waals surface area contributed by atoms with E-state index in [0.717, 1.165) is 12.1 Å². The third-order valence-electron chi connectivity index (χ3n) is 2.28. The van der Waals surface area contributed by atoms with Gasteiger partial charge in [0.1, 0.15) is 0 Å². The molecule has 2 rings (SSSR count). The lowest BCUT2D eigenvalue weighted by Gasteiger charge is -2.11. The van der Waals surface area contributed by atoms with Crippen LogP contribution in [0.2, 0.25) is 0 Å². The second-order valence-corrected chi connectivity index (χ2v) is 3.96. The van der Waals surface area contributed by atoms with Crippen molar-refractivity contribution in [1.29, 1.82) is 0 Å². The zero-order valence-corrected chi connectivity index (χ0v) is 9.53. The summed E-state index contributed by atoms with van der Waals surface area (Å²) in [4.78, 5) is 0. The molecule has 2 heterocycles. The van der Waals surface area contributed by atoms with Crippen LogP contribution in [0.1, 0.15) is 17.3 Å². The summed E-state index contributed by atoms with van der Waals surface area (Å²) in [5, 5.41) is 7.37. The van der Waals surface area contributed by atoms with Crippen LogP contribution in [-0.2, 0) is 13.5 Å². The van der Waals surface area contributed by atoms with E-state index in [9.17, 15) is 0 Å². The van der Waals surface area contributed by atoms with Crippen molar-refractivity contribution in [3.05, 3.63) is 29.8 Å². The van der Waals surface area contributed by atoms with Crippen molar-refractivity contribution in [3.63, 3.8) is 0 Å². The Labute approximate surface area is 92.5 Å². The van der Waals surface area contributed by atoms with Gasteiger partial charge in [0.25, 0.3) is 0 Å². The SMILES string of the molecule is CNC(Cc1cnn(C)c1)c1cnsn1. The van der Waals surface area contributed by atoms with Gasteiger partial charge in [0, 0.05) is 13.2 Å². The molecule has 0 bridgehead atoms. The number of aryl methyl sites for hydroxylation is 1. The van der Waals surface area contributed by atoms with E-state index in [1.807, 2.05) is 32.7 Å². The summed E-state index contributed by atoms with van der Waals surface area (Å²) in [5.41, 5.74) is 2.19. The Morgan fingerprint density at radius 1 is 1.53 bits per heavy atom. The van der Waals surface area contributed by atoms with Gasteiger partial charge in [-0.25, -0.2) is 0 Å². The standard InChI is InChI=1S/C9H13N5S/c1-10-8(9-5-12-15-13-9)3-7-4-11-14(2)6-7/h4-6,8,10H,3H2,1-2H3. The molecule has 0 aliphatic carbocycles. The Morgan fingerprint density at radius 2 is 2.40 bits per heavy atom. The summed E-state index contributed by atoms with van der Waals surface area (Å²) < 4.78 is 10.0. The maximum atomic E-state index is 4.23. The molecular weight excluding hydrogens is 210 g/mol. The van der Waals surface area contributed by atoms with Gasteiger partial charge in [-0.15, -0.1) is 0 Å². The summed E-state index contributed by atoms with van der Waals surface area (Å²) in [6, 6.07) is 0.216. The fourth-order valence-corrected chi connectivity index (χ4v) is 1.96. The van der Waals surface area contributed by atoms with Gasteiger partial charge in [-0.05, 0) is 19.0 Å². The maximum absolute atomic E-state index is 4.23. The first-order chi connectivity index (χ1) is 7.29. The maximum Gasteiger partial charge on any atom is 0.0915 e. The number of nitrogens with one attached hydrogen (secondary N) is 1. The van der Waals surface area contributed by atoms with Gasteiger partial charge in [0.15, 0.2) is 0 Å². The molecule has 0 fully saturated rings. The Bertz CT molecular complexity index is 408. The molecule has 0 saturated carbocycles. The van der Waals surface area contributed by atoms with Crippen LogP contribution >= 0.6 is 11.7 Å². The van der Waals surface area contributed by atoms with Crippen LogP contribution in [0.4, 0.5) is 0 Å². The molecule has 1 atom stereocenters. The minimum atomic E-state index is 0.216. The van der Waals surface area contributed by atoms with Crippen LogP contribution in [0.25, 0.3) is 0 Å². The molecule has 80 valence electrons. The van der Waals surface area contributed by atoms with Crippen molar-refractivity contribution in [1.82, 2.24) is 23.8 Å². The molecule has 0 aliphatic heterocycles. The predicted octanol–water partition coefficient (Wildman–Crippen LogP) is 0.775. The highest BCUT2D eigenvalue weighted by Gasteiger charge is 2.13. The predicted molar refractivity (Wildman–Crippen MR) is 58.6 cm³/mol. The molecular formula is C9H13N5S. The van der Waals surface area contributed by atoms with Crippen molar-refractivity contribution >= 4 is 11.7 Å². The summed E-state index contributed by atoms with van der Waals surface area (Å²) in [6.07, 6.45) is 6.59. The molecule has 0 radical (unpaired) electrons. The largest absolute Gasteiger partial charge is 0.311 e. The van der Waals surface area contributed by atoms with Crippen molar-refractivity contribution in [2.24, 2.45) is 7.05 Å². The minimum absolute atomic E-state index is 0.216. The zero-order chi connectivity index (χ0) is 10.7. The normalized spacial score (nSPS) is 12.9. The van der Waals surface area contributed by atoms with Crippen LogP contribution in [0.15, 0.2) is 18.6 Å². The van der Waals surface area contributed by atoms with Crippen LogP contribution in [0.5, 0.6) is 0 Å². The van der Waals surface area contributed by atoms with E-state index < -0.39 is 0 Å². The van der Waals surface area contributed by atoms with E-state index in [1.165, 1.54) is 17.3 Å². The molecule has 0 amide bonds. The topological polar surface area (TPSA) is 55.6 Å². The molecule has 0 spiro atoms. The van der Waals surface area contributed by atoms with Gasteiger partial charge in [-0.3, -0.25) is 4.68 Å². The lowest BCUT2D eigenvalue weighted by molar-refractivity contribution is 0.580. The van der Waals surface area contributed by atoms with Gasteiger partial charge < -0.3 is 5.32 Å². The summed E-state index contributed by atoms with van der Waals surface area (Å²) in [6.45, 7) is 0. The van der Waals surface area contributed by atoms with Crippen LogP contribution in [-0.4, -0.2) is 25.6 Å². The van der Waals surface area contributed by atoms with E-state index in [-0.39, 0.29) is 6.04 Å². The highest BCUT2D eigenvalue weighted by molar-refractivity contribution is 6.99. The Kier molecular flexibility index (Phi) is 3.08. The molecule has 0 aromatic carbocycles. The number of likely N-dealkylation sites (N-methyl/N-ethyl adjacent to an activating group) is 1. The van der Waals surface area contributed by atoms with Crippen molar-refractivity contribution in [3.8, 4) is 0 Å². The first-order valence-corrected chi connectivity index (χ1v) is 5.45. The monoisotopic (exact) mass is 223 g/mol. The van der Waals surface area contributed by atoms with Crippen molar-refractivity contribution < 1.29 is 0 Å². The van der Waals surface area contributed by atoms with E-state index >= 15 is 0 Å². The Morgan fingerprint density at radius 3 is 2.93 bits per heavy atom. The first kappa shape index (κ1) is 10.3. The van der Waals surface area contributed by atoms with Gasteiger partial charge in [0.05, 0.1) is 35.9 Å². The van der Waals surface area contributed by atoms with Crippen LogP contribution < -0.4 is 5.32 Å². The molecule has 6 heteroatoms. The van der Waals surface area contributed by atoms with Crippen molar-refractivity contribution in [2.75, 3.05) is 7.05 Å². The Hall–Kier alpha value is -1.27. The Balaban J connectivity index is 2.09. The molecule has 1 N–H and O–H groups in total. The molecule has 15 heavy (non-hydrogen) atoms. The molecule has 0 aliphatic rings. The second kappa shape index (κ2) is 4.50. The van der Waals surface area contributed by atoms with Gasteiger partial charge in [-0.2, -0.15) is 13.8 Å². The van der Waals surface area contributed by atoms with Crippen LogP contribution in [0.3, 0.4) is 0 Å². The average Bonchev–Trinajstić information content (AvgIpc) is 2.85. The average molecular weight is 223 g/mol. The third-order valence-corrected chi connectivity index (χ3v) is 2.77. The van der Waals surface area contributed by atoms with E-state index in [0.29, 0.717) is 0 Å². The molecule has 1 unspecified atom stereocenters. The molecule has 5 nitrogen and oxygen atoms in total. The fraction of sp³-hybridized carbons (Fsp3) is 0.444. The highest BCUT2D eigenvalue weighted by atomic mass is 32.1. The lowest BCUT2D eigenvalue weighted by atomic mass is 10.1. The van der Waals surface area contributed by atoms with Crippen molar-refractivity contribution in [2.45, 2.75) is 12.5 Å². The third kappa shape index (κ3) is 2.40. The number of hydrogen-bond donors (Lipinski definition) is 1. The quantitative estimate of drug-likeness (QED) is 0.832. The lowest BCUT2D eigenvalue weighted by Crippen LogP contribution is -2.18. The molecule has 0 saturated heterocycles. The fourth-order valence-electron chi connectivity index (χ4n) is 1.49. The second-order valence-electron chi connectivity index (χ2n) is 3.40. The molecule has 2 aromatic rings. The number of rotatable bonds is 4. The first-order valence-electron chi connectivity index (χ1n) is 4.72. The van der Waals surface area contributed by atoms with Gasteiger partial charge >= 0.3 is 0 Å². The number of aromatic nitrogens is 4. The number of nitrogens with zero attached hydrogens (tertiary/aromatic N) is 4. The van der Waals surface area contributed by atoms with Gasteiger partial charge in [0.2, 0.25) is 0 Å². The highest BCUT2D eigenvalue weighted by Crippen LogP contribution is 2.15. The van der Waals surface area contributed by atoms with Gasteiger partial charge in [-0.1, -0.05) is 0 Å². The minimum Gasteiger partial charge on any atom is -0.311 e. The number of hydrogen-bond acceptors (Lipinski definition) is 5.